The van der Waals surface area contributed by atoms with Crippen LogP contribution < -0.4 is 4.74 Å². The van der Waals surface area contributed by atoms with Gasteiger partial charge in [0.2, 0.25) is 0 Å². The van der Waals surface area contributed by atoms with Crippen LogP contribution in [0.15, 0.2) is 18.2 Å². The van der Waals surface area contributed by atoms with Gasteiger partial charge in [0.25, 0.3) is 0 Å². The summed E-state index contributed by atoms with van der Waals surface area (Å²) in [6.07, 6.45) is 3.42. The number of methoxy groups -OCH3 is 1. The fraction of sp³-hybridized carbons (Fsp3) is 0.647. The zero-order chi connectivity index (χ0) is 14.4. The van der Waals surface area contributed by atoms with Crippen LogP contribution in [0.25, 0.3) is 0 Å². The van der Waals surface area contributed by atoms with Crippen LogP contribution in [0.2, 0.25) is 0 Å². The van der Waals surface area contributed by atoms with Crippen molar-refractivity contribution in [2.75, 3.05) is 46.9 Å². The summed E-state index contributed by atoms with van der Waals surface area (Å²) in [6.45, 7) is 8.23. The van der Waals surface area contributed by atoms with E-state index in [0.717, 1.165) is 18.6 Å². The summed E-state index contributed by atoms with van der Waals surface area (Å²) in [5.74, 6) is 1.04. The molecule has 3 nitrogen and oxygen atoms in total. The molecule has 0 saturated carbocycles. The van der Waals surface area contributed by atoms with E-state index in [4.69, 9.17) is 4.74 Å². The van der Waals surface area contributed by atoms with Gasteiger partial charge in [0.05, 0.1) is 7.11 Å². The van der Waals surface area contributed by atoms with Crippen molar-refractivity contribution in [3.8, 4) is 5.75 Å². The minimum Gasteiger partial charge on any atom is -0.496 e. The molecule has 2 rings (SSSR count). The highest BCUT2D eigenvalue weighted by Crippen LogP contribution is 2.22. The van der Waals surface area contributed by atoms with Crippen molar-refractivity contribution in [3.63, 3.8) is 0 Å². The smallest absolute Gasteiger partial charge is 0.122 e. The molecule has 1 aliphatic rings. The lowest BCUT2D eigenvalue weighted by molar-refractivity contribution is 0.153. The summed E-state index contributed by atoms with van der Waals surface area (Å²) in [6, 6.07) is 6.59. The Bertz CT molecular complexity index is 411. The Kier molecular flexibility index (Phi) is 5.86. The van der Waals surface area contributed by atoms with Gasteiger partial charge in [-0.2, -0.15) is 0 Å². The van der Waals surface area contributed by atoms with Gasteiger partial charge in [-0.15, -0.1) is 0 Å². The van der Waals surface area contributed by atoms with Crippen molar-refractivity contribution in [2.45, 2.75) is 26.2 Å². The summed E-state index contributed by atoms with van der Waals surface area (Å²) in [7, 11) is 3.98. The standard InChI is InChI=1S/C17H28N2O/c1-4-15-7-8-17(20-3)16(14-15)6-5-9-19-12-10-18(2)11-13-19/h7-8,14H,4-6,9-13H2,1-3H3. The number of rotatable bonds is 6. The van der Waals surface area contributed by atoms with Crippen LogP contribution in [0.3, 0.4) is 0 Å². The molecule has 0 radical (unpaired) electrons. The van der Waals surface area contributed by atoms with E-state index < -0.39 is 0 Å². The van der Waals surface area contributed by atoms with Crippen LogP contribution >= 0.6 is 0 Å². The van der Waals surface area contributed by atoms with Gasteiger partial charge in [0, 0.05) is 26.2 Å². The Morgan fingerprint density at radius 2 is 1.90 bits per heavy atom. The molecule has 0 spiro atoms. The number of hydrogen-bond acceptors (Lipinski definition) is 3. The maximum atomic E-state index is 5.48. The lowest BCUT2D eigenvalue weighted by Crippen LogP contribution is -2.44. The molecule has 0 amide bonds. The first-order chi connectivity index (χ1) is 9.72. The Labute approximate surface area is 123 Å². The lowest BCUT2D eigenvalue weighted by Gasteiger charge is -2.32. The van der Waals surface area contributed by atoms with Crippen molar-refractivity contribution >= 4 is 0 Å². The van der Waals surface area contributed by atoms with Crippen molar-refractivity contribution in [2.24, 2.45) is 0 Å². The van der Waals surface area contributed by atoms with Crippen LogP contribution in [-0.2, 0) is 12.8 Å². The number of benzene rings is 1. The van der Waals surface area contributed by atoms with Crippen LogP contribution in [-0.4, -0.2) is 56.7 Å². The second-order valence-corrected chi connectivity index (χ2v) is 5.75. The third kappa shape index (κ3) is 4.22. The average molecular weight is 276 g/mol. The van der Waals surface area contributed by atoms with Crippen LogP contribution in [0.5, 0.6) is 5.75 Å². The Morgan fingerprint density at radius 1 is 1.15 bits per heavy atom. The van der Waals surface area contributed by atoms with Gasteiger partial charge in [0.15, 0.2) is 0 Å². The van der Waals surface area contributed by atoms with Gasteiger partial charge in [0.1, 0.15) is 5.75 Å². The molecule has 1 aromatic rings. The third-order valence-electron chi connectivity index (χ3n) is 4.27. The first-order valence-electron chi connectivity index (χ1n) is 7.79. The largest absolute Gasteiger partial charge is 0.496 e. The van der Waals surface area contributed by atoms with Crippen molar-refractivity contribution in [1.29, 1.82) is 0 Å². The predicted molar refractivity (Wildman–Crippen MR) is 84.6 cm³/mol. The number of likely N-dealkylation sites (N-methyl/N-ethyl adjacent to an activating group) is 1. The van der Waals surface area contributed by atoms with Crippen molar-refractivity contribution in [3.05, 3.63) is 29.3 Å². The Hall–Kier alpha value is -1.06. The summed E-state index contributed by atoms with van der Waals surface area (Å²) >= 11 is 0. The van der Waals surface area contributed by atoms with Crippen LogP contribution in [0.1, 0.15) is 24.5 Å². The Balaban J connectivity index is 1.84. The van der Waals surface area contributed by atoms with Crippen molar-refractivity contribution in [1.82, 2.24) is 9.80 Å². The quantitative estimate of drug-likeness (QED) is 0.794. The molecule has 0 aliphatic carbocycles. The average Bonchev–Trinajstić information content (AvgIpc) is 2.49. The SMILES string of the molecule is CCc1ccc(OC)c(CCCN2CCN(C)CC2)c1. The molecule has 112 valence electrons. The number of piperazine rings is 1. The maximum Gasteiger partial charge on any atom is 0.122 e. The van der Waals surface area contributed by atoms with E-state index in [0.29, 0.717) is 0 Å². The minimum absolute atomic E-state index is 1.04. The van der Waals surface area contributed by atoms with E-state index >= 15 is 0 Å². The second-order valence-electron chi connectivity index (χ2n) is 5.75. The van der Waals surface area contributed by atoms with Gasteiger partial charge < -0.3 is 14.5 Å². The second kappa shape index (κ2) is 7.65. The van der Waals surface area contributed by atoms with Crippen molar-refractivity contribution < 1.29 is 4.74 Å². The summed E-state index contributed by atoms with van der Waals surface area (Å²) in [5, 5.41) is 0. The van der Waals surface area contributed by atoms with E-state index in [9.17, 15) is 0 Å². The topological polar surface area (TPSA) is 15.7 Å². The molecule has 0 N–H and O–H groups in total. The highest BCUT2D eigenvalue weighted by molar-refractivity contribution is 5.37. The van der Waals surface area contributed by atoms with Gasteiger partial charge in [-0.05, 0) is 50.0 Å². The van der Waals surface area contributed by atoms with Gasteiger partial charge in [-0.25, -0.2) is 0 Å². The van der Waals surface area contributed by atoms with Gasteiger partial charge in [-0.3, -0.25) is 0 Å². The molecule has 1 saturated heterocycles. The van der Waals surface area contributed by atoms with E-state index in [1.54, 1.807) is 7.11 Å². The third-order valence-corrected chi connectivity index (χ3v) is 4.27. The minimum atomic E-state index is 1.04. The first kappa shape index (κ1) is 15.3. The molecule has 1 fully saturated rings. The first-order valence-corrected chi connectivity index (χ1v) is 7.79. The molecule has 0 atom stereocenters. The molecule has 20 heavy (non-hydrogen) atoms. The van der Waals surface area contributed by atoms with Gasteiger partial charge in [-0.1, -0.05) is 19.1 Å². The molecule has 3 heteroatoms. The maximum absolute atomic E-state index is 5.48. The van der Waals surface area contributed by atoms with Crippen LogP contribution in [0, 0.1) is 0 Å². The molecule has 1 aliphatic heterocycles. The molecule has 0 unspecified atom stereocenters. The normalized spacial score (nSPS) is 17.4. The molecular formula is C17H28N2O. The fourth-order valence-corrected chi connectivity index (χ4v) is 2.81. The highest BCUT2D eigenvalue weighted by atomic mass is 16.5. The fourth-order valence-electron chi connectivity index (χ4n) is 2.81. The molecule has 1 aromatic carbocycles. The van der Waals surface area contributed by atoms with E-state index in [-0.39, 0.29) is 0 Å². The van der Waals surface area contributed by atoms with E-state index in [1.165, 1.54) is 50.3 Å². The lowest BCUT2D eigenvalue weighted by atomic mass is 10.0. The summed E-state index contributed by atoms with van der Waals surface area (Å²) in [5.41, 5.74) is 2.77. The zero-order valence-corrected chi connectivity index (χ0v) is 13.2. The predicted octanol–water partition coefficient (Wildman–Crippen LogP) is 2.44. The summed E-state index contributed by atoms with van der Waals surface area (Å²) < 4.78 is 5.48. The Morgan fingerprint density at radius 3 is 2.55 bits per heavy atom. The van der Waals surface area contributed by atoms with E-state index in [1.807, 2.05) is 0 Å². The molecular weight excluding hydrogens is 248 g/mol. The number of nitrogens with zero attached hydrogens (tertiary/aromatic N) is 2. The molecule has 1 heterocycles. The zero-order valence-electron chi connectivity index (χ0n) is 13.2. The molecule has 0 bridgehead atoms. The summed E-state index contributed by atoms with van der Waals surface area (Å²) in [4.78, 5) is 4.99. The van der Waals surface area contributed by atoms with E-state index in [2.05, 4.69) is 42.0 Å². The van der Waals surface area contributed by atoms with Gasteiger partial charge >= 0.3 is 0 Å². The highest BCUT2D eigenvalue weighted by Gasteiger charge is 2.13. The number of hydrogen-bond donors (Lipinski definition) is 0. The number of ether oxygens (including phenoxy) is 1. The molecule has 0 aromatic heterocycles. The number of aryl methyl sites for hydroxylation is 2. The van der Waals surface area contributed by atoms with Crippen LogP contribution in [0.4, 0.5) is 0 Å². The monoisotopic (exact) mass is 276 g/mol.